The molecule has 0 saturated heterocycles. The number of aliphatic hydroxyl groups excluding tert-OH is 1. The second-order valence-electron chi connectivity index (χ2n) is 1.36. The first kappa shape index (κ1) is 7.26. The summed E-state index contributed by atoms with van der Waals surface area (Å²) >= 11 is 0. The van der Waals surface area contributed by atoms with E-state index < -0.39 is 6.10 Å². The fourth-order valence-electron chi connectivity index (χ4n) is 0.378. The topological polar surface area (TPSA) is 20.2 Å². The normalized spacial score (nSPS) is 12.9. The van der Waals surface area contributed by atoms with Crippen LogP contribution in [0.1, 0.15) is 13.8 Å². The molecule has 0 spiro atoms. The molecule has 1 heteroatoms. The summed E-state index contributed by atoms with van der Waals surface area (Å²) in [5.74, 6) is 5.17. The van der Waals surface area contributed by atoms with Crippen molar-refractivity contribution in [2.45, 2.75) is 20.0 Å². The van der Waals surface area contributed by atoms with E-state index in [-0.39, 0.29) is 0 Å². The van der Waals surface area contributed by atoms with Crippen molar-refractivity contribution in [3.63, 3.8) is 0 Å². The predicted octanol–water partition coefficient (Wildman–Crippen LogP) is 0.947. The molecular weight excluding hydrogens is 100 g/mol. The van der Waals surface area contributed by atoms with Gasteiger partial charge in [-0.05, 0) is 19.9 Å². The van der Waals surface area contributed by atoms with Crippen LogP contribution in [0, 0.1) is 11.8 Å². The predicted molar refractivity (Wildman–Crippen MR) is 34.3 cm³/mol. The molecule has 0 bridgehead atoms. The van der Waals surface area contributed by atoms with Crippen LogP contribution < -0.4 is 0 Å². The van der Waals surface area contributed by atoms with Gasteiger partial charge >= 0.3 is 0 Å². The molecule has 8 heavy (non-hydrogen) atoms. The summed E-state index contributed by atoms with van der Waals surface area (Å²) in [6.45, 7) is 3.55. The van der Waals surface area contributed by atoms with Crippen molar-refractivity contribution in [3.8, 4) is 11.8 Å². The maximum atomic E-state index is 8.79. The molecule has 0 aliphatic rings. The first-order valence-electron chi connectivity index (χ1n) is 2.54. The Labute approximate surface area is 50.0 Å². The van der Waals surface area contributed by atoms with Gasteiger partial charge in [0, 0.05) is 0 Å². The summed E-state index contributed by atoms with van der Waals surface area (Å²) in [4.78, 5) is 0. The molecule has 0 aromatic rings. The Morgan fingerprint density at radius 1 is 1.62 bits per heavy atom. The van der Waals surface area contributed by atoms with E-state index in [1.54, 1.807) is 19.1 Å². The summed E-state index contributed by atoms with van der Waals surface area (Å²) in [5.41, 5.74) is 0. The van der Waals surface area contributed by atoms with Crippen molar-refractivity contribution in [1.29, 1.82) is 0 Å². The molecule has 0 fully saturated rings. The van der Waals surface area contributed by atoms with Gasteiger partial charge in [0.2, 0.25) is 0 Å². The van der Waals surface area contributed by atoms with Gasteiger partial charge in [0.15, 0.2) is 0 Å². The average Bonchev–Trinajstić information content (AvgIpc) is 1.68. The van der Waals surface area contributed by atoms with Crippen molar-refractivity contribution in [2.75, 3.05) is 0 Å². The molecule has 0 radical (unpaired) electrons. The number of rotatable bonds is 1. The van der Waals surface area contributed by atoms with E-state index in [9.17, 15) is 0 Å². The molecular formula is C7H10O. The van der Waals surface area contributed by atoms with Gasteiger partial charge in [-0.3, -0.25) is 0 Å². The number of aliphatic hydroxyl groups is 1. The fraction of sp³-hybridized carbons (Fsp3) is 0.429. The highest BCUT2D eigenvalue weighted by molar-refractivity contribution is 5.09. The fourth-order valence-corrected chi connectivity index (χ4v) is 0.378. The SMILES string of the molecule is CC#C[C@H](O)/C=C/C. The number of allylic oxidation sites excluding steroid dienone is 1. The Balaban J connectivity index is 3.59. The van der Waals surface area contributed by atoms with Crippen LogP contribution in [0.2, 0.25) is 0 Å². The van der Waals surface area contributed by atoms with Gasteiger partial charge in [0.25, 0.3) is 0 Å². The third kappa shape index (κ3) is 3.45. The number of hydrogen-bond donors (Lipinski definition) is 1. The Morgan fingerprint density at radius 2 is 2.25 bits per heavy atom. The largest absolute Gasteiger partial charge is 0.377 e. The van der Waals surface area contributed by atoms with Crippen LogP contribution in [0.5, 0.6) is 0 Å². The maximum Gasteiger partial charge on any atom is 0.133 e. The third-order valence-electron chi connectivity index (χ3n) is 0.667. The zero-order valence-electron chi connectivity index (χ0n) is 5.18. The first-order valence-corrected chi connectivity index (χ1v) is 2.54. The van der Waals surface area contributed by atoms with Crippen molar-refractivity contribution in [3.05, 3.63) is 12.2 Å². The zero-order chi connectivity index (χ0) is 6.41. The molecule has 0 unspecified atom stereocenters. The lowest BCUT2D eigenvalue weighted by atomic mass is 10.3. The molecule has 1 N–H and O–H groups in total. The molecule has 0 aliphatic heterocycles. The van der Waals surface area contributed by atoms with Crippen LogP contribution in [0.15, 0.2) is 12.2 Å². The number of hydrogen-bond acceptors (Lipinski definition) is 1. The average molecular weight is 110 g/mol. The Bertz CT molecular complexity index is 125. The van der Waals surface area contributed by atoms with Crippen molar-refractivity contribution >= 4 is 0 Å². The summed E-state index contributed by atoms with van der Waals surface area (Å²) in [5, 5.41) is 8.79. The van der Waals surface area contributed by atoms with Crippen LogP contribution in [0.25, 0.3) is 0 Å². The Kier molecular flexibility index (Phi) is 4.01. The van der Waals surface area contributed by atoms with Gasteiger partial charge in [-0.15, -0.1) is 5.92 Å². The van der Waals surface area contributed by atoms with E-state index in [4.69, 9.17) is 5.11 Å². The van der Waals surface area contributed by atoms with Gasteiger partial charge in [0.05, 0.1) is 0 Å². The minimum Gasteiger partial charge on any atom is -0.377 e. The van der Waals surface area contributed by atoms with E-state index in [1.807, 2.05) is 6.92 Å². The minimum atomic E-state index is -0.579. The van der Waals surface area contributed by atoms with E-state index >= 15 is 0 Å². The van der Waals surface area contributed by atoms with Crippen LogP contribution in [-0.2, 0) is 0 Å². The lowest BCUT2D eigenvalue weighted by molar-refractivity contribution is 0.280. The minimum absolute atomic E-state index is 0.579. The molecule has 0 aliphatic carbocycles. The lowest BCUT2D eigenvalue weighted by Crippen LogP contribution is -1.95. The zero-order valence-corrected chi connectivity index (χ0v) is 5.18. The second kappa shape index (κ2) is 4.42. The maximum absolute atomic E-state index is 8.79. The van der Waals surface area contributed by atoms with Crippen LogP contribution >= 0.6 is 0 Å². The Hall–Kier alpha value is -0.740. The monoisotopic (exact) mass is 110 g/mol. The van der Waals surface area contributed by atoms with Crippen LogP contribution in [0.4, 0.5) is 0 Å². The summed E-state index contributed by atoms with van der Waals surface area (Å²) < 4.78 is 0. The molecule has 1 atom stereocenters. The summed E-state index contributed by atoms with van der Waals surface area (Å²) in [6, 6.07) is 0. The van der Waals surface area contributed by atoms with Gasteiger partial charge in [-0.1, -0.05) is 12.0 Å². The van der Waals surface area contributed by atoms with E-state index in [1.165, 1.54) is 0 Å². The van der Waals surface area contributed by atoms with E-state index in [2.05, 4.69) is 11.8 Å². The second-order valence-corrected chi connectivity index (χ2v) is 1.36. The lowest BCUT2D eigenvalue weighted by Gasteiger charge is -1.88. The molecule has 0 saturated carbocycles. The first-order chi connectivity index (χ1) is 3.81. The molecule has 0 heterocycles. The highest BCUT2D eigenvalue weighted by Crippen LogP contribution is 1.80. The van der Waals surface area contributed by atoms with Crippen molar-refractivity contribution < 1.29 is 5.11 Å². The van der Waals surface area contributed by atoms with Gasteiger partial charge in [0.1, 0.15) is 6.10 Å². The molecule has 1 nitrogen and oxygen atoms in total. The van der Waals surface area contributed by atoms with Crippen LogP contribution in [-0.4, -0.2) is 11.2 Å². The smallest absolute Gasteiger partial charge is 0.133 e. The highest BCUT2D eigenvalue weighted by atomic mass is 16.3. The molecule has 44 valence electrons. The van der Waals surface area contributed by atoms with Gasteiger partial charge in [-0.2, -0.15) is 0 Å². The molecule has 0 aromatic heterocycles. The highest BCUT2D eigenvalue weighted by Gasteiger charge is 1.84. The third-order valence-corrected chi connectivity index (χ3v) is 0.667. The molecule has 0 rings (SSSR count). The van der Waals surface area contributed by atoms with Gasteiger partial charge in [-0.25, -0.2) is 0 Å². The van der Waals surface area contributed by atoms with E-state index in [0.717, 1.165) is 0 Å². The summed E-state index contributed by atoms with van der Waals surface area (Å²) in [7, 11) is 0. The van der Waals surface area contributed by atoms with Gasteiger partial charge < -0.3 is 5.11 Å². The quantitative estimate of drug-likeness (QED) is 0.393. The summed E-state index contributed by atoms with van der Waals surface area (Å²) in [6.07, 6.45) is 2.83. The molecule has 0 aromatic carbocycles. The molecule has 0 amide bonds. The standard InChI is InChI=1S/C7H10O/c1-3-5-7(8)6-4-2/h3,5,7-8H,1-2H3/b5-3+/t7-/m1/s1. The Morgan fingerprint density at radius 3 is 2.62 bits per heavy atom. The van der Waals surface area contributed by atoms with Crippen molar-refractivity contribution in [2.24, 2.45) is 0 Å². The van der Waals surface area contributed by atoms with E-state index in [0.29, 0.717) is 0 Å². The van der Waals surface area contributed by atoms with Crippen molar-refractivity contribution in [1.82, 2.24) is 0 Å². The van der Waals surface area contributed by atoms with Crippen LogP contribution in [0.3, 0.4) is 0 Å².